The fourth-order valence-electron chi connectivity index (χ4n) is 1.43. The Labute approximate surface area is 95.3 Å². The number of nitrogens with one attached hydrogen (secondary N) is 1. The molecule has 6 nitrogen and oxygen atoms in total. The first-order valence-electron chi connectivity index (χ1n) is 5.00. The third-order valence-electron chi connectivity index (χ3n) is 2.04. The summed E-state index contributed by atoms with van der Waals surface area (Å²) in [5.41, 5.74) is 0. The summed E-state index contributed by atoms with van der Waals surface area (Å²) in [6, 6.07) is -0.315. The molecule has 16 heavy (non-hydrogen) atoms. The van der Waals surface area contributed by atoms with E-state index in [-0.39, 0.29) is 10.9 Å². The molecule has 0 saturated carbocycles. The van der Waals surface area contributed by atoms with Gasteiger partial charge in [0.25, 0.3) is 0 Å². The Morgan fingerprint density at radius 1 is 1.56 bits per heavy atom. The van der Waals surface area contributed by atoms with Crippen molar-refractivity contribution in [2.24, 2.45) is 7.05 Å². The summed E-state index contributed by atoms with van der Waals surface area (Å²) >= 11 is 0. The largest absolute Gasteiger partial charge is 0.393 e. The molecule has 1 aromatic heterocycles. The molecule has 0 aliphatic heterocycles. The van der Waals surface area contributed by atoms with Crippen molar-refractivity contribution in [3.05, 3.63) is 12.4 Å². The smallest absolute Gasteiger partial charge is 0.243 e. The molecule has 2 N–H and O–H groups in total. The van der Waals surface area contributed by atoms with Gasteiger partial charge in [-0.25, -0.2) is 13.1 Å². The minimum absolute atomic E-state index is 0.132. The molecule has 0 aliphatic carbocycles. The average molecular weight is 247 g/mol. The van der Waals surface area contributed by atoms with Crippen molar-refractivity contribution in [1.29, 1.82) is 0 Å². The number of aryl methyl sites for hydroxylation is 1. The first-order chi connectivity index (χ1) is 7.31. The van der Waals surface area contributed by atoms with E-state index in [1.165, 1.54) is 17.1 Å². The van der Waals surface area contributed by atoms with Crippen molar-refractivity contribution in [2.75, 3.05) is 0 Å². The summed E-state index contributed by atoms with van der Waals surface area (Å²) in [6.45, 7) is 3.33. The average Bonchev–Trinajstić information content (AvgIpc) is 2.49. The van der Waals surface area contributed by atoms with Gasteiger partial charge >= 0.3 is 0 Å². The predicted octanol–water partition coefficient (Wildman–Crippen LogP) is -0.142. The third kappa shape index (κ3) is 3.58. The van der Waals surface area contributed by atoms with E-state index in [0.29, 0.717) is 6.42 Å². The minimum Gasteiger partial charge on any atom is -0.393 e. The summed E-state index contributed by atoms with van der Waals surface area (Å²) in [6.07, 6.45) is 2.56. The molecule has 0 aromatic carbocycles. The normalized spacial score (nSPS) is 16.0. The van der Waals surface area contributed by atoms with Crippen LogP contribution in [0.1, 0.15) is 20.3 Å². The first kappa shape index (κ1) is 13.1. The number of rotatable bonds is 5. The molecule has 1 aromatic rings. The van der Waals surface area contributed by atoms with Gasteiger partial charge in [0.2, 0.25) is 10.0 Å². The van der Waals surface area contributed by atoms with Gasteiger partial charge in [0.15, 0.2) is 0 Å². The molecular weight excluding hydrogens is 230 g/mol. The van der Waals surface area contributed by atoms with Gasteiger partial charge < -0.3 is 5.11 Å². The molecule has 0 fully saturated rings. The topological polar surface area (TPSA) is 84.2 Å². The Hall–Kier alpha value is -0.920. The van der Waals surface area contributed by atoms with E-state index < -0.39 is 16.1 Å². The van der Waals surface area contributed by atoms with Gasteiger partial charge in [-0.3, -0.25) is 4.68 Å². The van der Waals surface area contributed by atoms with Crippen LogP contribution in [-0.4, -0.2) is 35.5 Å². The van der Waals surface area contributed by atoms with Crippen LogP contribution in [0, 0.1) is 0 Å². The van der Waals surface area contributed by atoms with Crippen LogP contribution in [0.4, 0.5) is 0 Å². The quantitative estimate of drug-likeness (QED) is 0.758. The lowest BCUT2D eigenvalue weighted by Gasteiger charge is -2.14. The standard InChI is InChI=1S/C9H17N3O3S/c1-7(4-8(2)13)11-16(14,15)9-5-10-12(3)6-9/h5-8,11,13H,4H2,1-3H3. The SMILES string of the molecule is CC(O)CC(C)NS(=O)(=O)c1cnn(C)c1. The van der Waals surface area contributed by atoms with Crippen LogP contribution in [0.15, 0.2) is 17.3 Å². The summed E-state index contributed by atoms with van der Waals surface area (Å²) < 4.78 is 27.5. The Balaban J connectivity index is 2.73. The molecule has 0 amide bonds. The number of aromatic nitrogens is 2. The molecule has 92 valence electrons. The highest BCUT2D eigenvalue weighted by Crippen LogP contribution is 2.08. The lowest BCUT2D eigenvalue weighted by molar-refractivity contribution is 0.175. The Bertz CT molecular complexity index is 439. The maximum atomic E-state index is 11.8. The van der Waals surface area contributed by atoms with Crippen LogP contribution in [0.5, 0.6) is 0 Å². The van der Waals surface area contributed by atoms with Crippen LogP contribution in [0.2, 0.25) is 0 Å². The van der Waals surface area contributed by atoms with E-state index in [1.807, 2.05) is 0 Å². The minimum atomic E-state index is -3.53. The van der Waals surface area contributed by atoms with Gasteiger partial charge in [-0.15, -0.1) is 0 Å². The number of aliphatic hydroxyl groups is 1. The third-order valence-corrected chi connectivity index (χ3v) is 3.59. The van der Waals surface area contributed by atoms with Gasteiger partial charge in [-0.1, -0.05) is 0 Å². The molecule has 0 radical (unpaired) electrons. The summed E-state index contributed by atoms with van der Waals surface area (Å²) in [4.78, 5) is 0.132. The lowest BCUT2D eigenvalue weighted by Crippen LogP contribution is -2.34. The molecule has 2 atom stereocenters. The van der Waals surface area contributed by atoms with Crippen molar-refractivity contribution in [3.63, 3.8) is 0 Å². The number of hydrogen-bond acceptors (Lipinski definition) is 4. The molecule has 7 heteroatoms. The van der Waals surface area contributed by atoms with Crippen molar-refractivity contribution in [1.82, 2.24) is 14.5 Å². The Morgan fingerprint density at radius 3 is 2.62 bits per heavy atom. The fraction of sp³-hybridized carbons (Fsp3) is 0.667. The highest BCUT2D eigenvalue weighted by atomic mass is 32.2. The molecule has 0 aliphatic rings. The van der Waals surface area contributed by atoms with Crippen molar-refractivity contribution < 1.29 is 13.5 Å². The summed E-state index contributed by atoms with van der Waals surface area (Å²) in [7, 11) is -1.88. The zero-order chi connectivity index (χ0) is 12.3. The number of hydrogen-bond donors (Lipinski definition) is 2. The highest BCUT2D eigenvalue weighted by molar-refractivity contribution is 7.89. The Kier molecular flexibility index (Phi) is 4.06. The van der Waals surface area contributed by atoms with Crippen molar-refractivity contribution >= 4 is 10.0 Å². The highest BCUT2D eigenvalue weighted by Gasteiger charge is 2.19. The Morgan fingerprint density at radius 2 is 2.19 bits per heavy atom. The van der Waals surface area contributed by atoms with Gasteiger partial charge in [0.05, 0.1) is 12.3 Å². The maximum absolute atomic E-state index is 11.8. The van der Waals surface area contributed by atoms with Crippen LogP contribution in [0.25, 0.3) is 0 Å². The van der Waals surface area contributed by atoms with E-state index in [1.54, 1.807) is 20.9 Å². The van der Waals surface area contributed by atoms with Crippen LogP contribution < -0.4 is 4.72 Å². The second-order valence-electron chi connectivity index (χ2n) is 3.96. The lowest BCUT2D eigenvalue weighted by atomic mass is 10.2. The molecule has 0 spiro atoms. The van der Waals surface area contributed by atoms with Crippen molar-refractivity contribution in [3.8, 4) is 0 Å². The van der Waals surface area contributed by atoms with Crippen LogP contribution >= 0.6 is 0 Å². The van der Waals surface area contributed by atoms with E-state index in [2.05, 4.69) is 9.82 Å². The van der Waals surface area contributed by atoms with Gasteiger partial charge in [-0.2, -0.15) is 5.10 Å². The van der Waals surface area contributed by atoms with Crippen LogP contribution in [-0.2, 0) is 17.1 Å². The molecule has 0 bridgehead atoms. The zero-order valence-electron chi connectivity index (χ0n) is 9.58. The summed E-state index contributed by atoms with van der Waals surface area (Å²) in [5.74, 6) is 0. The number of aliphatic hydroxyl groups excluding tert-OH is 1. The molecular formula is C9H17N3O3S. The zero-order valence-corrected chi connectivity index (χ0v) is 10.4. The van der Waals surface area contributed by atoms with Gasteiger partial charge in [-0.05, 0) is 20.3 Å². The fourth-order valence-corrected chi connectivity index (χ4v) is 2.67. The summed E-state index contributed by atoms with van der Waals surface area (Å²) in [5, 5.41) is 12.9. The molecule has 1 rings (SSSR count). The van der Waals surface area contributed by atoms with Gasteiger partial charge in [0, 0.05) is 19.3 Å². The van der Waals surface area contributed by atoms with E-state index >= 15 is 0 Å². The van der Waals surface area contributed by atoms with Gasteiger partial charge in [0.1, 0.15) is 4.90 Å². The van der Waals surface area contributed by atoms with Crippen molar-refractivity contribution in [2.45, 2.75) is 37.3 Å². The molecule has 2 unspecified atom stereocenters. The monoisotopic (exact) mass is 247 g/mol. The van der Waals surface area contributed by atoms with E-state index in [0.717, 1.165) is 0 Å². The molecule has 1 heterocycles. The maximum Gasteiger partial charge on any atom is 0.243 e. The number of nitrogens with zero attached hydrogens (tertiary/aromatic N) is 2. The number of sulfonamides is 1. The second-order valence-corrected chi connectivity index (χ2v) is 5.67. The molecule has 0 saturated heterocycles. The van der Waals surface area contributed by atoms with Crippen LogP contribution in [0.3, 0.4) is 0 Å². The van der Waals surface area contributed by atoms with E-state index in [4.69, 9.17) is 5.11 Å². The van der Waals surface area contributed by atoms with E-state index in [9.17, 15) is 8.42 Å². The second kappa shape index (κ2) is 4.94. The first-order valence-corrected chi connectivity index (χ1v) is 6.48. The predicted molar refractivity (Wildman–Crippen MR) is 59.3 cm³/mol.